The topological polar surface area (TPSA) is 38.7 Å². The molecule has 0 heterocycles. The van der Waals surface area contributed by atoms with Crippen LogP contribution in [-0.2, 0) is 18.4 Å². The maximum atomic E-state index is 11.0. The van der Waals surface area contributed by atoms with E-state index in [4.69, 9.17) is 9.47 Å². The molecule has 1 aliphatic rings. The van der Waals surface area contributed by atoms with Gasteiger partial charge in [0.2, 0.25) is 0 Å². The van der Waals surface area contributed by atoms with Gasteiger partial charge < -0.3 is 14.6 Å². The predicted octanol–water partition coefficient (Wildman–Crippen LogP) is 3.08. The van der Waals surface area contributed by atoms with E-state index in [1.165, 1.54) is 11.1 Å². The minimum absolute atomic E-state index is 0.617. The van der Waals surface area contributed by atoms with Crippen molar-refractivity contribution in [3.05, 3.63) is 59.2 Å². The van der Waals surface area contributed by atoms with Crippen LogP contribution in [0.25, 0.3) is 0 Å². The van der Waals surface area contributed by atoms with Crippen LogP contribution in [0.1, 0.15) is 23.1 Å². The second-order valence-corrected chi connectivity index (χ2v) is 5.57. The lowest BCUT2D eigenvalue weighted by molar-refractivity contribution is 0.0222. The van der Waals surface area contributed by atoms with E-state index in [2.05, 4.69) is 6.07 Å². The molecule has 0 radical (unpaired) electrons. The zero-order chi connectivity index (χ0) is 14.9. The summed E-state index contributed by atoms with van der Waals surface area (Å²) in [4.78, 5) is 0. The van der Waals surface area contributed by atoms with Crippen LogP contribution < -0.4 is 9.47 Å². The van der Waals surface area contributed by atoms with Crippen LogP contribution in [0.4, 0.5) is 0 Å². The van der Waals surface area contributed by atoms with Gasteiger partial charge in [0.25, 0.3) is 0 Å². The Kier molecular flexibility index (Phi) is 3.60. The summed E-state index contributed by atoms with van der Waals surface area (Å²) in [6.45, 7) is 0. The molecule has 1 aliphatic carbocycles. The summed E-state index contributed by atoms with van der Waals surface area (Å²) < 4.78 is 10.5. The molecule has 110 valence electrons. The maximum absolute atomic E-state index is 11.0. The van der Waals surface area contributed by atoms with Gasteiger partial charge in [0.05, 0.1) is 19.8 Å². The van der Waals surface area contributed by atoms with E-state index < -0.39 is 5.60 Å². The van der Waals surface area contributed by atoms with Gasteiger partial charge in [0.1, 0.15) is 11.5 Å². The van der Waals surface area contributed by atoms with E-state index in [1.54, 1.807) is 14.2 Å². The summed E-state index contributed by atoms with van der Waals surface area (Å²) in [5.41, 5.74) is 2.59. The first-order chi connectivity index (χ1) is 10.1. The molecule has 0 fully saturated rings. The number of aryl methyl sites for hydroxylation is 1. The molecule has 1 N–H and O–H groups in total. The van der Waals surface area contributed by atoms with Crippen LogP contribution in [0.3, 0.4) is 0 Å². The van der Waals surface area contributed by atoms with Gasteiger partial charge in [-0.15, -0.1) is 0 Å². The zero-order valence-corrected chi connectivity index (χ0v) is 12.4. The van der Waals surface area contributed by atoms with Gasteiger partial charge in [0, 0.05) is 6.42 Å². The van der Waals surface area contributed by atoms with E-state index in [-0.39, 0.29) is 0 Å². The molecule has 3 rings (SSSR count). The highest BCUT2D eigenvalue weighted by Crippen LogP contribution is 2.38. The van der Waals surface area contributed by atoms with E-state index in [0.29, 0.717) is 6.42 Å². The van der Waals surface area contributed by atoms with Gasteiger partial charge in [-0.05, 0) is 53.8 Å². The number of hydrogen-bond acceptors (Lipinski definition) is 3. The molecule has 2 aromatic carbocycles. The number of benzene rings is 2. The highest BCUT2D eigenvalue weighted by atomic mass is 16.5. The van der Waals surface area contributed by atoms with E-state index in [0.717, 1.165) is 29.9 Å². The Morgan fingerprint density at radius 1 is 0.905 bits per heavy atom. The summed E-state index contributed by atoms with van der Waals surface area (Å²) in [5, 5.41) is 11.0. The quantitative estimate of drug-likeness (QED) is 0.941. The second kappa shape index (κ2) is 5.41. The Bertz CT molecular complexity index is 633. The van der Waals surface area contributed by atoms with Crippen LogP contribution in [0.15, 0.2) is 42.5 Å². The van der Waals surface area contributed by atoms with Crippen molar-refractivity contribution < 1.29 is 14.6 Å². The first kappa shape index (κ1) is 14.0. The smallest absolute Gasteiger partial charge is 0.119 e. The SMILES string of the molecule is COc1ccc(C2(O)CCc3ccc(OC)cc3C2)cc1. The third kappa shape index (κ3) is 2.61. The van der Waals surface area contributed by atoms with Crippen molar-refractivity contribution in [2.45, 2.75) is 24.9 Å². The normalized spacial score (nSPS) is 20.7. The summed E-state index contributed by atoms with van der Waals surface area (Å²) in [6, 6.07) is 13.8. The van der Waals surface area contributed by atoms with Crippen molar-refractivity contribution in [1.29, 1.82) is 0 Å². The van der Waals surface area contributed by atoms with Gasteiger partial charge in [0.15, 0.2) is 0 Å². The average Bonchev–Trinajstić information content (AvgIpc) is 2.54. The van der Waals surface area contributed by atoms with Crippen molar-refractivity contribution >= 4 is 0 Å². The molecular weight excluding hydrogens is 264 g/mol. The van der Waals surface area contributed by atoms with Gasteiger partial charge >= 0.3 is 0 Å². The lowest BCUT2D eigenvalue weighted by Gasteiger charge is -2.34. The second-order valence-electron chi connectivity index (χ2n) is 5.57. The lowest BCUT2D eigenvalue weighted by atomic mass is 9.76. The summed E-state index contributed by atoms with van der Waals surface area (Å²) >= 11 is 0. The highest BCUT2D eigenvalue weighted by molar-refractivity contribution is 5.41. The number of fused-ring (bicyclic) bond motifs is 1. The maximum Gasteiger partial charge on any atom is 0.119 e. The standard InChI is InChI=1S/C18H20O3/c1-20-16-7-4-15(5-8-16)18(19)10-9-13-3-6-17(21-2)11-14(13)12-18/h3-8,11,19H,9-10,12H2,1-2H3. The third-order valence-electron chi connectivity index (χ3n) is 4.33. The van der Waals surface area contributed by atoms with Crippen LogP contribution in [0.2, 0.25) is 0 Å². The molecule has 0 aliphatic heterocycles. The fraction of sp³-hybridized carbons (Fsp3) is 0.333. The van der Waals surface area contributed by atoms with E-state index >= 15 is 0 Å². The Morgan fingerprint density at radius 3 is 2.24 bits per heavy atom. The largest absolute Gasteiger partial charge is 0.497 e. The third-order valence-corrected chi connectivity index (χ3v) is 4.33. The number of rotatable bonds is 3. The molecule has 2 aromatic rings. The molecule has 1 atom stereocenters. The minimum atomic E-state index is -0.814. The van der Waals surface area contributed by atoms with Gasteiger partial charge in [-0.1, -0.05) is 18.2 Å². The first-order valence-corrected chi connectivity index (χ1v) is 7.17. The number of ether oxygens (including phenoxy) is 2. The monoisotopic (exact) mass is 284 g/mol. The fourth-order valence-corrected chi connectivity index (χ4v) is 3.03. The molecule has 0 aromatic heterocycles. The van der Waals surface area contributed by atoms with Crippen LogP contribution in [0.5, 0.6) is 11.5 Å². The Balaban J connectivity index is 1.91. The van der Waals surface area contributed by atoms with Crippen LogP contribution in [-0.4, -0.2) is 19.3 Å². The van der Waals surface area contributed by atoms with Gasteiger partial charge in [-0.2, -0.15) is 0 Å². The molecular formula is C18H20O3. The van der Waals surface area contributed by atoms with Gasteiger partial charge in [-0.3, -0.25) is 0 Å². The molecule has 0 saturated carbocycles. The average molecular weight is 284 g/mol. The van der Waals surface area contributed by atoms with E-state index in [9.17, 15) is 5.11 Å². The van der Waals surface area contributed by atoms with E-state index in [1.807, 2.05) is 36.4 Å². The highest BCUT2D eigenvalue weighted by Gasteiger charge is 2.34. The predicted molar refractivity (Wildman–Crippen MR) is 81.9 cm³/mol. The molecule has 1 unspecified atom stereocenters. The van der Waals surface area contributed by atoms with Gasteiger partial charge in [-0.25, -0.2) is 0 Å². The Hall–Kier alpha value is -2.00. The van der Waals surface area contributed by atoms with Crippen LogP contribution >= 0.6 is 0 Å². The Labute approximate surface area is 125 Å². The molecule has 0 spiro atoms. The zero-order valence-electron chi connectivity index (χ0n) is 12.4. The minimum Gasteiger partial charge on any atom is -0.497 e. The first-order valence-electron chi connectivity index (χ1n) is 7.17. The van der Waals surface area contributed by atoms with Crippen molar-refractivity contribution in [2.24, 2.45) is 0 Å². The summed E-state index contributed by atoms with van der Waals surface area (Å²) in [7, 11) is 3.31. The molecule has 3 nitrogen and oxygen atoms in total. The van der Waals surface area contributed by atoms with Crippen molar-refractivity contribution in [2.75, 3.05) is 14.2 Å². The fourth-order valence-electron chi connectivity index (χ4n) is 3.03. The van der Waals surface area contributed by atoms with Crippen LogP contribution in [0, 0.1) is 0 Å². The number of aliphatic hydroxyl groups is 1. The van der Waals surface area contributed by atoms with Crippen molar-refractivity contribution in [1.82, 2.24) is 0 Å². The molecule has 0 amide bonds. The van der Waals surface area contributed by atoms with Crippen molar-refractivity contribution in [3.63, 3.8) is 0 Å². The summed E-state index contributed by atoms with van der Waals surface area (Å²) in [6.07, 6.45) is 2.23. The molecule has 3 heteroatoms. The molecule has 21 heavy (non-hydrogen) atoms. The number of hydrogen-bond donors (Lipinski definition) is 1. The molecule has 0 saturated heterocycles. The lowest BCUT2D eigenvalue weighted by Crippen LogP contribution is -2.33. The number of methoxy groups -OCH3 is 2. The van der Waals surface area contributed by atoms with Crippen molar-refractivity contribution in [3.8, 4) is 11.5 Å². The summed E-state index contributed by atoms with van der Waals surface area (Å²) in [5.74, 6) is 1.65. The Morgan fingerprint density at radius 2 is 1.57 bits per heavy atom. The molecule has 0 bridgehead atoms.